The van der Waals surface area contributed by atoms with E-state index >= 15 is 0 Å². The summed E-state index contributed by atoms with van der Waals surface area (Å²) >= 11 is 0.289. The first kappa shape index (κ1) is 11.7. The van der Waals surface area contributed by atoms with Crippen LogP contribution >= 0.6 is 0 Å². The van der Waals surface area contributed by atoms with E-state index in [1.54, 1.807) is 0 Å². The van der Waals surface area contributed by atoms with Crippen molar-refractivity contribution < 1.29 is 4.79 Å². The van der Waals surface area contributed by atoms with Crippen LogP contribution in [0.3, 0.4) is 0 Å². The van der Waals surface area contributed by atoms with Crippen LogP contribution in [0.5, 0.6) is 0 Å². The summed E-state index contributed by atoms with van der Waals surface area (Å²) in [6.45, 7) is 0.931. The molecule has 1 aromatic carbocycles. The molecule has 1 saturated heterocycles. The summed E-state index contributed by atoms with van der Waals surface area (Å²) < 4.78 is 1.34. The second-order valence-corrected chi connectivity index (χ2v) is 6.85. The van der Waals surface area contributed by atoms with Crippen LogP contribution in [0.25, 0.3) is 0 Å². The van der Waals surface area contributed by atoms with Crippen molar-refractivity contribution >= 4 is 25.3 Å². The van der Waals surface area contributed by atoms with Gasteiger partial charge in [-0.1, -0.05) is 0 Å². The van der Waals surface area contributed by atoms with Gasteiger partial charge in [0, 0.05) is 0 Å². The molecule has 2 nitrogen and oxygen atoms in total. The standard InChI is InChI=1S/C13H17NOSe/c1-14-10-6-5-9-12(13(14)15)16-11-7-3-2-4-8-11/h2-4,7-8,12H,5-6,9-10H2,1H3. The molecule has 1 aliphatic rings. The van der Waals surface area contributed by atoms with E-state index in [9.17, 15) is 4.79 Å². The molecule has 2 rings (SSSR count). The molecule has 1 unspecified atom stereocenters. The van der Waals surface area contributed by atoms with Crippen LogP contribution in [0.4, 0.5) is 0 Å². The summed E-state index contributed by atoms with van der Waals surface area (Å²) in [5, 5.41) is 0. The number of benzene rings is 1. The topological polar surface area (TPSA) is 20.3 Å². The zero-order chi connectivity index (χ0) is 11.4. The fraction of sp³-hybridized carbons (Fsp3) is 0.462. The average Bonchev–Trinajstić information content (AvgIpc) is 2.46. The summed E-state index contributed by atoms with van der Waals surface area (Å²) in [6.07, 6.45) is 3.41. The first-order valence-electron chi connectivity index (χ1n) is 5.74. The van der Waals surface area contributed by atoms with Crippen molar-refractivity contribution in [2.45, 2.75) is 24.1 Å². The van der Waals surface area contributed by atoms with Gasteiger partial charge in [0.1, 0.15) is 0 Å². The van der Waals surface area contributed by atoms with Gasteiger partial charge >= 0.3 is 103 Å². The van der Waals surface area contributed by atoms with Gasteiger partial charge in [-0.15, -0.1) is 0 Å². The number of amides is 1. The summed E-state index contributed by atoms with van der Waals surface area (Å²) in [4.78, 5) is 14.2. The summed E-state index contributed by atoms with van der Waals surface area (Å²) in [6, 6.07) is 10.4. The quantitative estimate of drug-likeness (QED) is 0.752. The van der Waals surface area contributed by atoms with Crippen molar-refractivity contribution in [1.82, 2.24) is 4.90 Å². The van der Waals surface area contributed by atoms with Crippen molar-refractivity contribution in [2.24, 2.45) is 0 Å². The van der Waals surface area contributed by atoms with E-state index in [1.165, 1.54) is 10.9 Å². The van der Waals surface area contributed by atoms with Gasteiger partial charge in [-0.2, -0.15) is 0 Å². The molecule has 86 valence electrons. The zero-order valence-corrected chi connectivity index (χ0v) is 11.3. The van der Waals surface area contributed by atoms with Gasteiger partial charge in [0.2, 0.25) is 0 Å². The summed E-state index contributed by atoms with van der Waals surface area (Å²) in [5.41, 5.74) is 0. The zero-order valence-electron chi connectivity index (χ0n) is 9.56. The molecule has 0 bridgehead atoms. The molecule has 1 amide bonds. The maximum absolute atomic E-state index is 12.1. The Balaban J connectivity index is 2.05. The van der Waals surface area contributed by atoms with Crippen molar-refractivity contribution in [1.29, 1.82) is 0 Å². The summed E-state index contributed by atoms with van der Waals surface area (Å²) in [7, 11) is 1.93. The number of carbonyl (C=O) groups excluding carboxylic acids is 1. The first-order chi connectivity index (χ1) is 7.77. The van der Waals surface area contributed by atoms with E-state index in [2.05, 4.69) is 24.3 Å². The first-order valence-corrected chi connectivity index (χ1v) is 7.58. The number of likely N-dealkylation sites (tertiary alicyclic amines) is 1. The van der Waals surface area contributed by atoms with E-state index in [0.29, 0.717) is 5.91 Å². The van der Waals surface area contributed by atoms with Gasteiger partial charge in [-0.3, -0.25) is 0 Å². The van der Waals surface area contributed by atoms with Crippen LogP contribution in [-0.2, 0) is 4.79 Å². The van der Waals surface area contributed by atoms with Crippen molar-refractivity contribution in [3.05, 3.63) is 30.3 Å². The second-order valence-electron chi connectivity index (χ2n) is 4.18. The van der Waals surface area contributed by atoms with Gasteiger partial charge in [0.25, 0.3) is 0 Å². The normalized spacial score (nSPS) is 21.9. The van der Waals surface area contributed by atoms with Crippen molar-refractivity contribution in [2.75, 3.05) is 13.6 Å². The van der Waals surface area contributed by atoms with Gasteiger partial charge < -0.3 is 0 Å². The van der Waals surface area contributed by atoms with E-state index < -0.39 is 0 Å². The molecule has 0 N–H and O–H groups in total. The van der Waals surface area contributed by atoms with E-state index in [4.69, 9.17) is 0 Å². The monoisotopic (exact) mass is 283 g/mol. The number of carbonyl (C=O) groups is 1. The molecule has 16 heavy (non-hydrogen) atoms. The molecule has 0 radical (unpaired) electrons. The fourth-order valence-corrected chi connectivity index (χ4v) is 4.47. The molecule has 1 atom stereocenters. The Labute approximate surface area is 103 Å². The number of hydrogen-bond donors (Lipinski definition) is 0. The SMILES string of the molecule is CN1CCCCC([Se]c2ccccc2)C1=O. The van der Waals surface area contributed by atoms with Gasteiger partial charge in [-0.05, 0) is 0 Å². The second kappa shape index (κ2) is 5.51. The molecule has 3 heteroatoms. The molecule has 1 heterocycles. The molecule has 0 aliphatic carbocycles. The Hall–Kier alpha value is -0.791. The average molecular weight is 282 g/mol. The number of hydrogen-bond acceptors (Lipinski definition) is 1. The van der Waals surface area contributed by atoms with Gasteiger partial charge in [0.15, 0.2) is 0 Å². The van der Waals surface area contributed by atoms with Crippen LogP contribution in [0.2, 0.25) is 4.82 Å². The van der Waals surface area contributed by atoms with Crippen molar-refractivity contribution in [3.8, 4) is 0 Å². The Morgan fingerprint density at radius 2 is 2.00 bits per heavy atom. The van der Waals surface area contributed by atoms with Crippen molar-refractivity contribution in [3.63, 3.8) is 0 Å². The van der Waals surface area contributed by atoms with E-state index in [-0.39, 0.29) is 19.8 Å². The molecule has 0 spiro atoms. The van der Waals surface area contributed by atoms with E-state index in [0.717, 1.165) is 19.4 Å². The Morgan fingerprint density at radius 1 is 1.25 bits per heavy atom. The third kappa shape index (κ3) is 2.87. The number of rotatable bonds is 2. The molecule has 0 aromatic heterocycles. The minimum absolute atomic E-state index is 0.252. The third-order valence-electron chi connectivity index (χ3n) is 2.88. The molecule has 1 aromatic rings. The molecular weight excluding hydrogens is 265 g/mol. The molecule has 0 saturated carbocycles. The number of nitrogens with zero attached hydrogens (tertiary/aromatic N) is 1. The van der Waals surface area contributed by atoms with Gasteiger partial charge in [0.05, 0.1) is 0 Å². The minimum atomic E-state index is 0.252. The Kier molecular flexibility index (Phi) is 4.03. The van der Waals surface area contributed by atoms with Crippen LogP contribution < -0.4 is 4.46 Å². The summed E-state index contributed by atoms with van der Waals surface area (Å²) in [5.74, 6) is 0.348. The van der Waals surface area contributed by atoms with Gasteiger partial charge in [-0.25, -0.2) is 0 Å². The van der Waals surface area contributed by atoms with Crippen LogP contribution in [0.1, 0.15) is 19.3 Å². The Morgan fingerprint density at radius 3 is 2.75 bits per heavy atom. The molecule has 1 fully saturated rings. The fourth-order valence-electron chi connectivity index (χ4n) is 1.93. The third-order valence-corrected chi connectivity index (χ3v) is 5.54. The van der Waals surface area contributed by atoms with Crippen LogP contribution in [-0.4, -0.2) is 39.4 Å². The predicted molar refractivity (Wildman–Crippen MR) is 67.1 cm³/mol. The predicted octanol–water partition coefficient (Wildman–Crippen LogP) is 1.45. The molecular formula is C13H17NOSe. The Bertz CT molecular complexity index is 352. The maximum atomic E-state index is 12.1. The van der Waals surface area contributed by atoms with E-state index in [1.807, 2.05) is 18.0 Å². The molecule has 1 aliphatic heterocycles. The van der Waals surface area contributed by atoms with Crippen LogP contribution in [0, 0.1) is 0 Å². The van der Waals surface area contributed by atoms with Crippen LogP contribution in [0.15, 0.2) is 30.3 Å².